The van der Waals surface area contributed by atoms with Crippen LogP contribution in [0.5, 0.6) is 5.75 Å². The van der Waals surface area contributed by atoms with Crippen LogP contribution in [0.3, 0.4) is 0 Å². The van der Waals surface area contributed by atoms with E-state index >= 15 is 0 Å². The van der Waals surface area contributed by atoms with E-state index in [4.69, 9.17) is 4.74 Å². The molecule has 0 atom stereocenters. The summed E-state index contributed by atoms with van der Waals surface area (Å²) < 4.78 is 6.57. The molecule has 0 saturated heterocycles. The highest BCUT2D eigenvalue weighted by molar-refractivity contribution is 9.10. The molecule has 16 heavy (non-hydrogen) atoms. The lowest BCUT2D eigenvalue weighted by Crippen LogP contribution is -2.07. The van der Waals surface area contributed by atoms with Crippen LogP contribution in [-0.2, 0) is 6.42 Å². The van der Waals surface area contributed by atoms with Crippen molar-refractivity contribution in [2.75, 3.05) is 20.7 Å². The maximum absolute atomic E-state index is 5.40. The van der Waals surface area contributed by atoms with Crippen molar-refractivity contribution in [2.45, 2.75) is 26.2 Å². The molecule has 0 radical (unpaired) electrons. The first-order valence-electron chi connectivity index (χ1n) is 5.66. The second kappa shape index (κ2) is 6.92. The minimum atomic E-state index is 1.00. The fourth-order valence-electron chi connectivity index (χ4n) is 1.70. The summed E-state index contributed by atoms with van der Waals surface area (Å²) in [6.45, 7) is 3.16. The Morgan fingerprint density at radius 1 is 1.31 bits per heavy atom. The average molecular weight is 286 g/mol. The van der Waals surface area contributed by atoms with Crippen molar-refractivity contribution in [3.63, 3.8) is 0 Å². The van der Waals surface area contributed by atoms with E-state index in [1.54, 1.807) is 7.11 Å². The number of methoxy groups -OCH3 is 1. The Hall–Kier alpha value is -0.540. The Morgan fingerprint density at radius 2 is 2.06 bits per heavy atom. The largest absolute Gasteiger partial charge is 0.496 e. The van der Waals surface area contributed by atoms with Crippen molar-refractivity contribution in [1.29, 1.82) is 0 Å². The van der Waals surface area contributed by atoms with Crippen LogP contribution in [0.15, 0.2) is 16.6 Å². The van der Waals surface area contributed by atoms with Gasteiger partial charge < -0.3 is 10.1 Å². The quantitative estimate of drug-likeness (QED) is 0.810. The molecule has 0 unspecified atom stereocenters. The predicted octanol–water partition coefficient (Wildman–Crippen LogP) is 3.31. The number of aryl methyl sites for hydroxylation is 2. The minimum Gasteiger partial charge on any atom is -0.496 e. The average Bonchev–Trinajstić information content (AvgIpc) is 2.28. The van der Waals surface area contributed by atoms with Gasteiger partial charge in [-0.3, -0.25) is 0 Å². The van der Waals surface area contributed by atoms with Gasteiger partial charge in [-0.2, -0.15) is 0 Å². The van der Waals surface area contributed by atoms with Crippen molar-refractivity contribution in [1.82, 2.24) is 5.32 Å². The molecule has 0 spiro atoms. The lowest BCUT2D eigenvalue weighted by Gasteiger charge is -2.11. The third-order valence-electron chi connectivity index (χ3n) is 2.68. The van der Waals surface area contributed by atoms with Crippen LogP contribution in [-0.4, -0.2) is 20.7 Å². The van der Waals surface area contributed by atoms with Crippen molar-refractivity contribution < 1.29 is 4.74 Å². The maximum Gasteiger partial charge on any atom is 0.122 e. The summed E-state index contributed by atoms with van der Waals surface area (Å²) in [7, 11) is 3.73. The van der Waals surface area contributed by atoms with E-state index in [-0.39, 0.29) is 0 Å². The molecule has 1 aromatic carbocycles. The van der Waals surface area contributed by atoms with E-state index < -0.39 is 0 Å². The summed E-state index contributed by atoms with van der Waals surface area (Å²) in [6.07, 6.45) is 3.46. The first kappa shape index (κ1) is 13.5. The molecular formula is C13H20BrNO. The van der Waals surface area contributed by atoms with Gasteiger partial charge in [-0.15, -0.1) is 0 Å². The monoisotopic (exact) mass is 285 g/mol. The normalized spacial score (nSPS) is 10.5. The first-order valence-corrected chi connectivity index (χ1v) is 6.46. The van der Waals surface area contributed by atoms with Crippen molar-refractivity contribution in [3.8, 4) is 5.75 Å². The van der Waals surface area contributed by atoms with Gasteiger partial charge in [0, 0.05) is 4.47 Å². The molecular weight excluding hydrogens is 266 g/mol. The van der Waals surface area contributed by atoms with Gasteiger partial charge in [0.15, 0.2) is 0 Å². The fourth-order valence-corrected chi connectivity index (χ4v) is 2.09. The molecule has 0 amide bonds. The second-order valence-electron chi connectivity index (χ2n) is 3.97. The molecule has 0 aliphatic heterocycles. The highest BCUT2D eigenvalue weighted by Crippen LogP contribution is 2.27. The predicted molar refractivity (Wildman–Crippen MR) is 72.3 cm³/mol. The van der Waals surface area contributed by atoms with Gasteiger partial charge in [0.2, 0.25) is 0 Å². The number of ether oxygens (including phenoxy) is 1. The standard InChI is InChI=1S/C13H20BrNO/c1-10-8-13(16-3)11(9-12(10)14)6-4-5-7-15-2/h8-9,15H,4-7H2,1-3H3. The Balaban J connectivity index is 2.66. The summed E-state index contributed by atoms with van der Waals surface area (Å²) in [4.78, 5) is 0. The third-order valence-corrected chi connectivity index (χ3v) is 3.54. The Bertz CT molecular complexity index is 339. The molecule has 3 heteroatoms. The van der Waals surface area contributed by atoms with E-state index in [2.05, 4.69) is 40.3 Å². The maximum atomic E-state index is 5.40. The Morgan fingerprint density at radius 3 is 2.69 bits per heavy atom. The zero-order valence-electron chi connectivity index (χ0n) is 10.3. The molecule has 0 aromatic heterocycles. The Kier molecular flexibility index (Phi) is 5.85. The topological polar surface area (TPSA) is 21.3 Å². The number of rotatable bonds is 6. The van der Waals surface area contributed by atoms with Crippen molar-refractivity contribution in [3.05, 3.63) is 27.7 Å². The molecule has 0 aliphatic carbocycles. The molecule has 0 heterocycles. The zero-order chi connectivity index (χ0) is 12.0. The molecule has 0 saturated carbocycles. The molecule has 1 aromatic rings. The van der Waals surface area contributed by atoms with Gasteiger partial charge >= 0.3 is 0 Å². The van der Waals surface area contributed by atoms with Gasteiger partial charge in [0.25, 0.3) is 0 Å². The number of hydrogen-bond donors (Lipinski definition) is 1. The van der Waals surface area contributed by atoms with Crippen LogP contribution in [0.1, 0.15) is 24.0 Å². The summed E-state index contributed by atoms with van der Waals surface area (Å²) in [5.41, 5.74) is 2.51. The number of hydrogen-bond acceptors (Lipinski definition) is 2. The van der Waals surface area contributed by atoms with Gasteiger partial charge in [0.1, 0.15) is 5.75 Å². The number of benzene rings is 1. The lowest BCUT2D eigenvalue weighted by molar-refractivity contribution is 0.408. The van der Waals surface area contributed by atoms with Crippen molar-refractivity contribution >= 4 is 15.9 Å². The van der Waals surface area contributed by atoms with Gasteiger partial charge in [-0.25, -0.2) is 0 Å². The van der Waals surface area contributed by atoms with Gasteiger partial charge in [-0.05, 0) is 63.0 Å². The van der Waals surface area contributed by atoms with Gasteiger partial charge in [0.05, 0.1) is 7.11 Å². The van der Waals surface area contributed by atoms with Crippen LogP contribution in [0.25, 0.3) is 0 Å². The van der Waals surface area contributed by atoms with E-state index in [1.165, 1.54) is 24.0 Å². The van der Waals surface area contributed by atoms with Crippen LogP contribution in [0, 0.1) is 6.92 Å². The highest BCUT2D eigenvalue weighted by Gasteiger charge is 2.06. The molecule has 2 nitrogen and oxygen atoms in total. The highest BCUT2D eigenvalue weighted by atomic mass is 79.9. The summed E-state index contributed by atoms with van der Waals surface area (Å²) >= 11 is 3.56. The second-order valence-corrected chi connectivity index (χ2v) is 4.83. The molecule has 1 N–H and O–H groups in total. The summed E-state index contributed by atoms with van der Waals surface area (Å²) in [5, 5.41) is 3.16. The van der Waals surface area contributed by atoms with E-state index in [9.17, 15) is 0 Å². The van der Waals surface area contributed by atoms with Crippen LogP contribution in [0.2, 0.25) is 0 Å². The SMILES string of the molecule is CNCCCCc1cc(Br)c(C)cc1OC. The Labute approximate surface area is 107 Å². The van der Waals surface area contributed by atoms with E-state index in [0.29, 0.717) is 0 Å². The summed E-state index contributed by atoms with van der Waals surface area (Å²) in [6, 6.07) is 4.27. The number of nitrogens with one attached hydrogen (secondary N) is 1. The molecule has 0 fully saturated rings. The fraction of sp³-hybridized carbons (Fsp3) is 0.538. The minimum absolute atomic E-state index is 1.00. The van der Waals surface area contributed by atoms with Crippen LogP contribution >= 0.6 is 15.9 Å². The smallest absolute Gasteiger partial charge is 0.122 e. The third kappa shape index (κ3) is 3.80. The molecule has 0 bridgehead atoms. The number of halogens is 1. The van der Waals surface area contributed by atoms with E-state index in [1.807, 2.05) is 7.05 Å². The molecule has 0 aliphatic rings. The molecule has 90 valence electrons. The van der Waals surface area contributed by atoms with E-state index in [0.717, 1.165) is 23.2 Å². The zero-order valence-corrected chi connectivity index (χ0v) is 11.9. The first-order chi connectivity index (χ1) is 7.69. The van der Waals surface area contributed by atoms with Crippen LogP contribution in [0.4, 0.5) is 0 Å². The van der Waals surface area contributed by atoms with Crippen molar-refractivity contribution in [2.24, 2.45) is 0 Å². The van der Waals surface area contributed by atoms with Gasteiger partial charge in [-0.1, -0.05) is 15.9 Å². The lowest BCUT2D eigenvalue weighted by atomic mass is 10.1. The summed E-state index contributed by atoms with van der Waals surface area (Å²) in [5.74, 6) is 1.00. The number of unbranched alkanes of at least 4 members (excludes halogenated alkanes) is 1. The van der Waals surface area contributed by atoms with Crippen LogP contribution < -0.4 is 10.1 Å². The molecule has 1 rings (SSSR count).